The Balaban J connectivity index is 2.47. The summed E-state index contributed by atoms with van der Waals surface area (Å²) in [5, 5.41) is 4.68. The van der Waals surface area contributed by atoms with Gasteiger partial charge in [-0.25, -0.2) is 0 Å². The van der Waals surface area contributed by atoms with Crippen LogP contribution in [0, 0.1) is 6.92 Å². The Morgan fingerprint density at radius 2 is 2.12 bits per heavy atom. The summed E-state index contributed by atoms with van der Waals surface area (Å²) in [6, 6.07) is 6.89. The van der Waals surface area contributed by atoms with Gasteiger partial charge >= 0.3 is 0 Å². The number of benzene rings is 1. The quantitative estimate of drug-likeness (QED) is 0.877. The normalized spacial score (nSPS) is 13.2. The fourth-order valence-corrected chi connectivity index (χ4v) is 2.64. The second kappa shape index (κ2) is 4.60. The van der Waals surface area contributed by atoms with Crippen LogP contribution < -0.4 is 5.32 Å². The molecule has 0 amide bonds. The average molecular weight is 281 g/mol. The van der Waals surface area contributed by atoms with Crippen molar-refractivity contribution in [3.8, 4) is 0 Å². The summed E-state index contributed by atoms with van der Waals surface area (Å²) in [5.74, 6) is 0. The molecule has 2 nitrogen and oxygen atoms in total. The van der Waals surface area contributed by atoms with Gasteiger partial charge in [-0.3, -0.25) is 0 Å². The molecule has 86 valence electrons. The molecule has 1 unspecified atom stereocenters. The van der Waals surface area contributed by atoms with Crippen molar-refractivity contribution in [1.29, 1.82) is 0 Å². The monoisotopic (exact) mass is 280 g/mol. The van der Waals surface area contributed by atoms with Gasteiger partial charge in [0.2, 0.25) is 0 Å². The number of aromatic amines is 1. The molecule has 1 heterocycles. The first kappa shape index (κ1) is 11.7. The number of fused-ring (bicyclic) bond motifs is 1. The molecule has 0 aliphatic carbocycles. The zero-order chi connectivity index (χ0) is 11.7. The first-order chi connectivity index (χ1) is 7.61. The van der Waals surface area contributed by atoms with Crippen LogP contribution in [0.1, 0.15) is 31.1 Å². The Bertz CT molecular complexity index is 502. The summed E-state index contributed by atoms with van der Waals surface area (Å²) in [5.41, 5.74) is 3.76. The van der Waals surface area contributed by atoms with Crippen LogP contribution in [0.25, 0.3) is 10.9 Å². The number of rotatable bonds is 3. The Kier molecular flexibility index (Phi) is 3.36. The van der Waals surface area contributed by atoms with E-state index in [2.05, 4.69) is 65.2 Å². The van der Waals surface area contributed by atoms with Gasteiger partial charge in [-0.05, 0) is 44.2 Å². The van der Waals surface area contributed by atoms with Crippen molar-refractivity contribution in [2.24, 2.45) is 0 Å². The van der Waals surface area contributed by atoms with E-state index in [0.29, 0.717) is 6.04 Å². The van der Waals surface area contributed by atoms with Crippen molar-refractivity contribution in [3.05, 3.63) is 33.9 Å². The molecule has 0 fully saturated rings. The Hall–Kier alpha value is -0.800. The Morgan fingerprint density at radius 3 is 2.81 bits per heavy atom. The van der Waals surface area contributed by atoms with E-state index >= 15 is 0 Å². The summed E-state index contributed by atoms with van der Waals surface area (Å²) in [7, 11) is 0. The van der Waals surface area contributed by atoms with Crippen LogP contribution in [0.5, 0.6) is 0 Å². The van der Waals surface area contributed by atoms with Crippen molar-refractivity contribution < 1.29 is 0 Å². The van der Waals surface area contributed by atoms with Crippen LogP contribution in [-0.4, -0.2) is 11.5 Å². The lowest BCUT2D eigenvalue weighted by atomic mass is 10.1. The molecule has 0 spiro atoms. The summed E-state index contributed by atoms with van der Waals surface area (Å²) in [4.78, 5) is 3.49. The third kappa shape index (κ3) is 2.15. The molecule has 1 atom stereocenters. The predicted octanol–water partition coefficient (Wildman–Crippen LogP) is 3.91. The molecule has 0 saturated heterocycles. The lowest BCUT2D eigenvalue weighted by molar-refractivity contribution is 0.587. The lowest BCUT2D eigenvalue weighted by Gasteiger charge is -2.09. The first-order valence-corrected chi connectivity index (χ1v) is 6.43. The Morgan fingerprint density at radius 1 is 1.38 bits per heavy atom. The largest absolute Gasteiger partial charge is 0.357 e. The van der Waals surface area contributed by atoms with Gasteiger partial charge in [0.1, 0.15) is 0 Å². The summed E-state index contributed by atoms with van der Waals surface area (Å²) >= 11 is 3.53. The number of aryl methyl sites for hydroxylation is 1. The van der Waals surface area contributed by atoms with Crippen molar-refractivity contribution >= 4 is 26.8 Å². The van der Waals surface area contributed by atoms with Gasteiger partial charge < -0.3 is 10.3 Å². The molecule has 0 radical (unpaired) electrons. The highest BCUT2D eigenvalue weighted by atomic mass is 79.9. The van der Waals surface area contributed by atoms with Crippen molar-refractivity contribution in [2.45, 2.75) is 26.8 Å². The number of hydrogen-bond donors (Lipinski definition) is 2. The number of aromatic nitrogens is 1. The number of H-pyrrole nitrogens is 1. The van der Waals surface area contributed by atoms with Gasteiger partial charge in [-0.2, -0.15) is 0 Å². The Labute approximate surface area is 105 Å². The van der Waals surface area contributed by atoms with Gasteiger partial charge in [0.05, 0.1) is 0 Å². The first-order valence-electron chi connectivity index (χ1n) is 5.64. The van der Waals surface area contributed by atoms with Gasteiger partial charge in [0.15, 0.2) is 0 Å². The van der Waals surface area contributed by atoms with Gasteiger partial charge in [-0.15, -0.1) is 0 Å². The predicted molar refractivity (Wildman–Crippen MR) is 72.8 cm³/mol. The molecule has 0 bridgehead atoms. The minimum Gasteiger partial charge on any atom is -0.357 e. The number of nitrogens with one attached hydrogen (secondary N) is 2. The van der Waals surface area contributed by atoms with Crippen LogP contribution in [0.3, 0.4) is 0 Å². The van der Waals surface area contributed by atoms with E-state index in [9.17, 15) is 0 Å². The van der Waals surface area contributed by atoms with Gasteiger partial charge in [-0.1, -0.05) is 22.9 Å². The minimum absolute atomic E-state index is 0.371. The van der Waals surface area contributed by atoms with Gasteiger partial charge in [0, 0.05) is 27.1 Å². The van der Waals surface area contributed by atoms with E-state index in [0.717, 1.165) is 11.0 Å². The summed E-state index contributed by atoms with van der Waals surface area (Å²) < 4.78 is 1.14. The van der Waals surface area contributed by atoms with E-state index < -0.39 is 0 Å². The molecule has 3 heteroatoms. The molecular formula is C13H17BrN2. The molecule has 0 saturated carbocycles. The SMILES string of the molecule is CCNC(C)c1cc2cc(Br)cc(C)c2[nH]1. The molecule has 0 aliphatic heterocycles. The third-order valence-electron chi connectivity index (χ3n) is 2.89. The zero-order valence-electron chi connectivity index (χ0n) is 9.89. The van der Waals surface area contributed by atoms with Crippen LogP contribution in [0.2, 0.25) is 0 Å². The van der Waals surface area contributed by atoms with E-state index in [1.165, 1.54) is 22.2 Å². The van der Waals surface area contributed by atoms with Crippen LogP contribution in [-0.2, 0) is 0 Å². The van der Waals surface area contributed by atoms with E-state index in [1.807, 2.05) is 0 Å². The lowest BCUT2D eigenvalue weighted by Crippen LogP contribution is -2.17. The highest BCUT2D eigenvalue weighted by Gasteiger charge is 2.09. The topological polar surface area (TPSA) is 27.8 Å². The molecule has 1 aromatic heterocycles. The van der Waals surface area contributed by atoms with Crippen molar-refractivity contribution in [3.63, 3.8) is 0 Å². The molecule has 0 aliphatic rings. The number of hydrogen-bond acceptors (Lipinski definition) is 1. The summed E-state index contributed by atoms with van der Waals surface area (Å²) in [6.45, 7) is 7.42. The molecule has 2 N–H and O–H groups in total. The molecule has 1 aromatic carbocycles. The fourth-order valence-electron chi connectivity index (χ4n) is 2.05. The highest BCUT2D eigenvalue weighted by molar-refractivity contribution is 9.10. The van der Waals surface area contributed by atoms with Crippen LogP contribution in [0.15, 0.2) is 22.7 Å². The third-order valence-corrected chi connectivity index (χ3v) is 3.35. The maximum Gasteiger partial charge on any atom is 0.0487 e. The zero-order valence-corrected chi connectivity index (χ0v) is 11.5. The van der Waals surface area contributed by atoms with E-state index in [1.54, 1.807) is 0 Å². The fraction of sp³-hybridized carbons (Fsp3) is 0.385. The van der Waals surface area contributed by atoms with Crippen molar-refractivity contribution in [1.82, 2.24) is 10.3 Å². The molecule has 16 heavy (non-hydrogen) atoms. The van der Waals surface area contributed by atoms with Crippen molar-refractivity contribution in [2.75, 3.05) is 6.54 Å². The standard InChI is InChI=1S/C13H17BrN2/c1-4-15-9(3)12-7-10-6-11(14)5-8(2)13(10)16-12/h5-7,9,15-16H,4H2,1-3H3. The molecule has 2 rings (SSSR count). The minimum atomic E-state index is 0.371. The van der Waals surface area contributed by atoms with Crippen LogP contribution in [0.4, 0.5) is 0 Å². The van der Waals surface area contributed by atoms with Gasteiger partial charge in [0.25, 0.3) is 0 Å². The highest BCUT2D eigenvalue weighted by Crippen LogP contribution is 2.26. The number of halogens is 1. The van der Waals surface area contributed by atoms with E-state index in [4.69, 9.17) is 0 Å². The maximum absolute atomic E-state index is 3.53. The maximum atomic E-state index is 3.53. The van der Waals surface area contributed by atoms with E-state index in [-0.39, 0.29) is 0 Å². The average Bonchev–Trinajstić information content (AvgIpc) is 2.62. The second-order valence-corrected chi connectivity index (χ2v) is 5.11. The smallest absolute Gasteiger partial charge is 0.0487 e. The molecule has 2 aromatic rings. The molecular weight excluding hydrogens is 264 g/mol. The second-order valence-electron chi connectivity index (χ2n) is 4.19. The van der Waals surface area contributed by atoms with Crippen LogP contribution >= 0.6 is 15.9 Å². The summed E-state index contributed by atoms with van der Waals surface area (Å²) in [6.07, 6.45) is 0.